The molecular formula is C13H14ClFN2O3. The van der Waals surface area contributed by atoms with Gasteiger partial charge in [-0.1, -0.05) is 24.4 Å². The monoisotopic (exact) mass is 300 g/mol. The van der Waals surface area contributed by atoms with Crippen molar-refractivity contribution in [1.82, 2.24) is 5.32 Å². The average Bonchev–Trinajstić information content (AvgIpc) is 2.76. The van der Waals surface area contributed by atoms with Crippen molar-refractivity contribution in [2.75, 3.05) is 5.32 Å². The zero-order valence-corrected chi connectivity index (χ0v) is 11.3. The van der Waals surface area contributed by atoms with Gasteiger partial charge in [0.15, 0.2) is 0 Å². The third-order valence-corrected chi connectivity index (χ3v) is 3.56. The number of benzene rings is 1. The molecule has 20 heavy (non-hydrogen) atoms. The standard InChI is InChI=1S/C13H14ClFN2O3/c14-8-5-9(15)7-10(6-8)16-12(20)17-13(11(18)19)3-1-2-4-13/h5-7H,1-4H2,(H,18,19)(H2,16,17,20). The molecule has 2 amide bonds. The third kappa shape index (κ3) is 3.19. The van der Waals surface area contributed by atoms with Crippen molar-refractivity contribution in [3.05, 3.63) is 29.0 Å². The molecular weight excluding hydrogens is 287 g/mol. The Kier molecular flexibility index (Phi) is 4.13. The van der Waals surface area contributed by atoms with Gasteiger partial charge in [0.1, 0.15) is 11.4 Å². The molecule has 1 aliphatic rings. The minimum atomic E-state index is -1.23. The number of carbonyl (C=O) groups excluding carboxylic acids is 1. The van der Waals surface area contributed by atoms with E-state index in [1.807, 2.05) is 0 Å². The molecule has 0 saturated heterocycles. The van der Waals surface area contributed by atoms with E-state index in [0.717, 1.165) is 25.0 Å². The van der Waals surface area contributed by atoms with Gasteiger partial charge in [-0.25, -0.2) is 14.0 Å². The average molecular weight is 301 g/mol. The smallest absolute Gasteiger partial charge is 0.329 e. The van der Waals surface area contributed by atoms with E-state index in [0.29, 0.717) is 12.8 Å². The quantitative estimate of drug-likeness (QED) is 0.803. The first-order valence-corrected chi connectivity index (χ1v) is 6.58. The number of anilines is 1. The van der Waals surface area contributed by atoms with Crippen molar-refractivity contribution in [2.45, 2.75) is 31.2 Å². The number of aliphatic carboxylic acids is 1. The summed E-state index contributed by atoms with van der Waals surface area (Å²) in [7, 11) is 0. The van der Waals surface area contributed by atoms with Crippen LogP contribution in [0.15, 0.2) is 18.2 Å². The second-order valence-corrected chi connectivity index (χ2v) is 5.27. The van der Waals surface area contributed by atoms with E-state index in [9.17, 15) is 19.1 Å². The van der Waals surface area contributed by atoms with Crippen LogP contribution in [0.4, 0.5) is 14.9 Å². The van der Waals surface area contributed by atoms with Crippen LogP contribution in [0.1, 0.15) is 25.7 Å². The molecule has 0 aromatic heterocycles. The molecule has 1 saturated carbocycles. The molecule has 1 aromatic carbocycles. The van der Waals surface area contributed by atoms with E-state index in [-0.39, 0.29) is 10.7 Å². The van der Waals surface area contributed by atoms with Crippen molar-refractivity contribution in [3.63, 3.8) is 0 Å². The fourth-order valence-corrected chi connectivity index (χ4v) is 2.60. The lowest BCUT2D eigenvalue weighted by Gasteiger charge is -2.25. The van der Waals surface area contributed by atoms with E-state index >= 15 is 0 Å². The molecule has 1 aromatic rings. The highest BCUT2D eigenvalue weighted by Crippen LogP contribution is 2.30. The Bertz CT molecular complexity index is 524. The summed E-state index contributed by atoms with van der Waals surface area (Å²) < 4.78 is 13.1. The summed E-state index contributed by atoms with van der Waals surface area (Å²) in [6.07, 6.45) is 2.27. The lowest BCUT2D eigenvalue weighted by molar-refractivity contribution is -0.144. The van der Waals surface area contributed by atoms with Gasteiger partial charge in [-0.3, -0.25) is 0 Å². The first-order valence-electron chi connectivity index (χ1n) is 6.20. The second kappa shape index (κ2) is 5.66. The molecule has 0 heterocycles. The number of rotatable bonds is 3. The summed E-state index contributed by atoms with van der Waals surface area (Å²) in [6.45, 7) is 0. The fraction of sp³-hybridized carbons (Fsp3) is 0.385. The van der Waals surface area contributed by atoms with Crippen molar-refractivity contribution in [1.29, 1.82) is 0 Å². The van der Waals surface area contributed by atoms with Gasteiger partial charge >= 0.3 is 12.0 Å². The van der Waals surface area contributed by atoms with Gasteiger partial charge in [-0.15, -0.1) is 0 Å². The van der Waals surface area contributed by atoms with Crippen LogP contribution < -0.4 is 10.6 Å². The zero-order chi connectivity index (χ0) is 14.8. The summed E-state index contributed by atoms with van der Waals surface area (Å²) in [6, 6.07) is 2.91. The Morgan fingerprint density at radius 1 is 1.25 bits per heavy atom. The summed E-state index contributed by atoms with van der Waals surface area (Å²) in [5.74, 6) is -1.64. The van der Waals surface area contributed by atoms with Crippen LogP contribution in [0.2, 0.25) is 5.02 Å². The van der Waals surface area contributed by atoms with Gasteiger partial charge in [-0.05, 0) is 31.0 Å². The molecule has 0 unspecified atom stereocenters. The molecule has 3 N–H and O–H groups in total. The Balaban J connectivity index is 2.06. The first-order chi connectivity index (χ1) is 9.41. The number of halogens is 2. The normalized spacial score (nSPS) is 16.7. The molecule has 1 aliphatic carbocycles. The summed E-state index contributed by atoms with van der Waals surface area (Å²) in [4.78, 5) is 23.1. The largest absolute Gasteiger partial charge is 0.480 e. The van der Waals surface area contributed by atoms with Crippen LogP contribution in [-0.2, 0) is 4.79 Å². The van der Waals surface area contributed by atoms with Crippen molar-refractivity contribution in [3.8, 4) is 0 Å². The van der Waals surface area contributed by atoms with E-state index in [4.69, 9.17) is 11.6 Å². The molecule has 0 atom stereocenters. The first kappa shape index (κ1) is 14.6. The van der Waals surface area contributed by atoms with E-state index < -0.39 is 23.4 Å². The molecule has 0 radical (unpaired) electrons. The van der Waals surface area contributed by atoms with Gasteiger partial charge in [-0.2, -0.15) is 0 Å². The highest BCUT2D eigenvalue weighted by Gasteiger charge is 2.42. The molecule has 0 spiro atoms. The zero-order valence-electron chi connectivity index (χ0n) is 10.6. The van der Waals surface area contributed by atoms with Gasteiger partial charge in [0.2, 0.25) is 0 Å². The highest BCUT2D eigenvalue weighted by molar-refractivity contribution is 6.30. The fourth-order valence-electron chi connectivity index (χ4n) is 2.38. The van der Waals surface area contributed by atoms with Crippen molar-refractivity contribution in [2.24, 2.45) is 0 Å². The van der Waals surface area contributed by atoms with Crippen LogP contribution in [0.5, 0.6) is 0 Å². The minimum absolute atomic E-state index is 0.147. The molecule has 7 heteroatoms. The predicted octanol–water partition coefficient (Wildman–Crippen LogP) is 3.00. The number of carboxylic acid groups (broad SMARTS) is 1. The number of urea groups is 1. The number of nitrogens with one attached hydrogen (secondary N) is 2. The lowest BCUT2D eigenvalue weighted by atomic mass is 9.98. The summed E-state index contributed by atoms with van der Waals surface area (Å²) >= 11 is 5.68. The summed E-state index contributed by atoms with van der Waals surface area (Å²) in [5.41, 5.74) is -1.06. The molecule has 2 rings (SSSR count). The number of hydrogen-bond acceptors (Lipinski definition) is 2. The van der Waals surface area contributed by atoms with Gasteiger partial charge < -0.3 is 15.7 Å². The molecule has 0 aliphatic heterocycles. The maximum absolute atomic E-state index is 13.1. The highest BCUT2D eigenvalue weighted by atomic mass is 35.5. The molecule has 108 valence electrons. The maximum atomic E-state index is 13.1. The van der Waals surface area contributed by atoms with Crippen molar-refractivity contribution >= 4 is 29.3 Å². The van der Waals surface area contributed by atoms with E-state index in [1.165, 1.54) is 6.07 Å². The summed E-state index contributed by atoms with van der Waals surface area (Å²) in [5, 5.41) is 14.2. The van der Waals surface area contributed by atoms with Crippen LogP contribution >= 0.6 is 11.6 Å². The molecule has 0 bridgehead atoms. The van der Waals surface area contributed by atoms with E-state index in [1.54, 1.807) is 0 Å². The number of hydrogen-bond donors (Lipinski definition) is 3. The second-order valence-electron chi connectivity index (χ2n) is 4.83. The van der Waals surface area contributed by atoms with Gasteiger partial charge in [0.25, 0.3) is 0 Å². The third-order valence-electron chi connectivity index (χ3n) is 3.34. The van der Waals surface area contributed by atoms with Crippen LogP contribution in [-0.4, -0.2) is 22.6 Å². The van der Waals surface area contributed by atoms with Crippen LogP contribution in [0, 0.1) is 5.82 Å². The Morgan fingerprint density at radius 3 is 2.45 bits per heavy atom. The van der Waals surface area contributed by atoms with Gasteiger partial charge in [0.05, 0.1) is 0 Å². The van der Waals surface area contributed by atoms with Crippen LogP contribution in [0.3, 0.4) is 0 Å². The number of amides is 2. The van der Waals surface area contributed by atoms with Crippen molar-refractivity contribution < 1.29 is 19.1 Å². The number of carbonyl (C=O) groups is 2. The SMILES string of the molecule is O=C(Nc1cc(F)cc(Cl)c1)NC1(C(=O)O)CCCC1. The minimum Gasteiger partial charge on any atom is -0.480 e. The molecule has 1 fully saturated rings. The topological polar surface area (TPSA) is 78.4 Å². The maximum Gasteiger partial charge on any atom is 0.329 e. The predicted molar refractivity (Wildman–Crippen MR) is 72.4 cm³/mol. The van der Waals surface area contributed by atoms with Gasteiger partial charge in [0, 0.05) is 10.7 Å². The number of carboxylic acids is 1. The Morgan fingerprint density at radius 2 is 1.90 bits per heavy atom. The lowest BCUT2D eigenvalue weighted by Crippen LogP contribution is -2.53. The molecule has 5 nitrogen and oxygen atoms in total. The Hall–Kier alpha value is -1.82. The van der Waals surface area contributed by atoms with Crippen LogP contribution in [0.25, 0.3) is 0 Å². The van der Waals surface area contributed by atoms with E-state index in [2.05, 4.69) is 10.6 Å². The Labute approximate surface area is 120 Å².